The molecule has 0 bridgehead atoms. The summed E-state index contributed by atoms with van der Waals surface area (Å²) < 4.78 is 0. The van der Waals surface area contributed by atoms with Gasteiger partial charge in [0.25, 0.3) is 0 Å². The summed E-state index contributed by atoms with van der Waals surface area (Å²) in [6, 6.07) is 40.8. The molecular weight excluding hydrogens is 492 g/mol. The number of fused-ring (bicyclic) bond motifs is 3. The van der Waals surface area contributed by atoms with E-state index in [1.54, 1.807) is 0 Å². The van der Waals surface area contributed by atoms with E-state index in [1.807, 2.05) is 0 Å². The Morgan fingerprint density at radius 2 is 0.951 bits per heavy atom. The third-order valence-corrected chi connectivity index (χ3v) is 9.00. The lowest BCUT2D eigenvalue weighted by molar-refractivity contribution is 0.580. The average Bonchev–Trinajstić information content (AvgIpc) is 3.18. The fourth-order valence-corrected chi connectivity index (χ4v) is 6.33. The maximum atomic E-state index is 2.49. The molecule has 0 unspecified atom stereocenters. The van der Waals surface area contributed by atoms with Crippen molar-refractivity contribution in [1.82, 2.24) is 0 Å². The minimum absolute atomic E-state index is 0.0558. The smallest absolute Gasteiger partial charge is 0.0159 e. The molecule has 0 N–H and O–H groups in total. The lowest BCUT2D eigenvalue weighted by Crippen LogP contribution is -2.19. The van der Waals surface area contributed by atoms with Crippen molar-refractivity contribution in [2.24, 2.45) is 0 Å². The van der Waals surface area contributed by atoms with Gasteiger partial charge in [-0.15, -0.1) is 0 Å². The summed E-state index contributed by atoms with van der Waals surface area (Å²) >= 11 is 0. The van der Waals surface area contributed by atoms with Crippen LogP contribution in [0.3, 0.4) is 0 Å². The van der Waals surface area contributed by atoms with Crippen molar-refractivity contribution in [2.45, 2.75) is 71.6 Å². The van der Waals surface area contributed by atoms with E-state index in [4.69, 9.17) is 0 Å². The Morgan fingerprint density at radius 3 is 1.56 bits per heavy atom. The highest BCUT2D eigenvalue weighted by molar-refractivity contribution is 5.93. The molecule has 0 aliphatic heterocycles. The van der Waals surface area contributed by atoms with Gasteiger partial charge in [-0.3, -0.25) is 0 Å². The first-order valence-corrected chi connectivity index (χ1v) is 14.9. The molecule has 1 aliphatic rings. The lowest BCUT2D eigenvalue weighted by Gasteiger charge is -2.27. The minimum atomic E-state index is -0.0558. The van der Waals surface area contributed by atoms with Crippen LogP contribution in [-0.2, 0) is 16.2 Å². The molecule has 0 amide bonds. The van der Waals surface area contributed by atoms with E-state index in [-0.39, 0.29) is 16.2 Å². The van der Waals surface area contributed by atoms with Crippen LogP contribution in [0.25, 0.3) is 44.5 Å². The summed E-state index contributed by atoms with van der Waals surface area (Å²) in [7, 11) is 0. The van der Waals surface area contributed by atoms with Gasteiger partial charge < -0.3 is 0 Å². The van der Waals surface area contributed by atoms with Crippen LogP contribution in [0.5, 0.6) is 0 Å². The number of benzene rings is 5. The second-order valence-corrected chi connectivity index (χ2v) is 14.4. The average molecular weight is 535 g/mol. The standard InChI is InChI=1S/C41H42/c1-39(2,3)32-21-22-34-36(25-32)41(7,8)37-26-33(40(4,5)6)24-35(38(34)37)29-19-17-28(18-20-29)31-16-12-15-30(23-31)27-13-10-9-11-14-27/h9-26H,1-8H3. The molecule has 0 saturated carbocycles. The predicted octanol–water partition coefficient (Wildman–Crippen LogP) is 11.6. The van der Waals surface area contributed by atoms with Crippen molar-refractivity contribution in [1.29, 1.82) is 0 Å². The number of hydrogen-bond donors (Lipinski definition) is 0. The summed E-state index contributed by atoms with van der Waals surface area (Å²) in [5.41, 5.74) is 16.2. The van der Waals surface area contributed by atoms with Crippen LogP contribution in [0.2, 0.25) is 0 Å². The number of rotatable bonds is 3. The Bertz CT molecular complexity index is 1730. The maximum absolute atomic E-state index is 2.49. The fraction of sp³-hybridized carbons (Fsp3) is 0.268. The van der Waals surface area contributed by atoms with Crippen molar-refractivity contribution in [2.75, 3.05) is 0 Å². The number of hydrogen-bond acceptors (Lipinski definition) is 0. The SMILES string of the molecule is CC(C)(C)c1ccc2c(c1)C(C)(C)c1cc(C(C)(C)C)cc(-c3ccc(-c4cccc(-c5ccccc5)c4)cc3)c1-2. The zero-order valence-electron chi connectivity index (χ0n) is 25.9. The lowest BCUT2D eigenvalue weighted by atomic mass is 9.76. The van der Waals surface area contributed by atoms with Crippen LogP contribution in [0.15, 0.2) is 109 Å². The van der Waals surface area contributed by atoms with E-state index in [2.05, 4.69) is 165 Å². The van der Waals surface area contributed by atoms with E-state index >= 15 is 0 Å². The van der Waals surface area contributed by atoms with Gasteiger partial charge in [0, 0.05) is 5.41 Å². The molecule has 5 aromatic carbocycles. The molecule has 6 rings (SSSR count). The van der Waals surface area contributed by atoms with Gasteiger partial charge >= 0.3 is 0 Å². The predicted molar refractivity (Wildman–Crippen MR) is 178 cm³/mol. The summed E-state index contributed by atoms with van der Waals surface area (Å²) in [4.78, 5) is 0. The molecule has 0 nitrogen and oxygen atoms in total. The molecule has 0 fully saturated rings. The first-order valence-electron chi connectivity index (χ1n) is 14.9. The zero-order valence-corrected chi connectivity index (χ0v) is 25.9. The molecule has 0 heterocycles. The molecule has 5 aromatic rings. The van der Waals surface area contributed by atoms with Crippen LogP contribution in [0.1, 0.15) is 77.6 Å². The zero-order chi connectivity index (χ0) is 29.2. The highest BCUT2D eigenvalue weighted by Crippen LogP contribution is 2.54. The highest BCUT2D eigenvalue weighted by atomic mass is 14.4. The summed E-state index contributed by atoms with van der Waals surface area (Å²) in [6.07, 6.45) is 0. The van der Waals surface area contributed by atoms with Crippen LogP contribution in [-0.4, -0.2) is 0 Å². The van der Waals surface area contributed by atoms with Crippen molar-refractivity contribution >= 4 is 0 Å². The Hall–Kier alpha value is -3.90. The fourth-order valence-electron chi connectivity index (χ4n) is 6.33. The minimum Gasteiger partial charge on any atom is -0.0622 e. The van der Waals surface area contributed by atoms with Crippen LogP contribution in [0.4, 0.5) is 0 Å². The Labute approximate surface area is 247 Å². The molecule has 0 spiro atoms. The van der Waals surface area contributed by atoms with E-state index in [0.29, 0.717) is 0 Å². The third kappa shape index (κ3) is 4.84. The van der Waals surface area contributed by atoms with Gasteiger partial charge in [-0.25, -0.2) is 0 Å². The molecule has 41 heavy (non-hydrogen) atoms. The summed E-state index contributed by atoms with van der Waals surface area (Å²) in [5.74, 6) is 0. The van der Waals surface area contributed by atoms with Crippen LogP contribution >= 0.6 is 0 Å². The van der Waals surface area contributed by atoms with Crippen molar-refractivity contribution in [3.63, 3.8) is 0 Å². The van der Waals surface area contributed by atoms with Gasteiger partial charge in [0.15, 0.2) is 0 Å². The summed E-state index contributed by atoms with van der Waals surface area (Å²) in [5, 5.41) is 0. The molecular formula is C41H42. The molecule has 206 valence electrons. The van der Waals surface area contributed by atoms with Gasteiger partial charge in [-0.05, 0) is 89.7 Å². The van der Waals surface area contributed by atoms with Crippen molar-refractivity contribution in [3.05, 3.63) is 131 Å². The first-order chi connectivity index (χ1) is 19.3. The molecule has 0 radical (unpaired) electrons. The van der Waals surface area contributed by atoms with Gasteiger partial charge in [0.05, 0.1) is 0 Å². The highest BCUT2D eigenvalue weighted by Gasteiger charge is 2.39. The monoisotopic (exact) mass is 534 g/mol. The summed E-state index contributed by atoms with van der Waals surface area (Å²) in [6.45, 7) is 18.7. The second kappa shape index (κ2) is 9.59. The van der Waals surface area contributed by atoms with Gasteiger partial charge in [-0.2, -0.15) is 0 Å². The van der Waals surface area contributed by atoms with Gasteiger partial charge in [0.2, 0.25) is 0 Å². The molecule has 0 saturated heterocycles. The topological polar surface area (TPSA) is 0 Å². The Balaban J connectivity index is 1.48. The Kier molecular flexibility index (Phi) is 6.38. The molecule has 1 aliphatic carbocycles. The van der Waals surface area contributed by atoms with Crippen LogP contribution in [0, 0.1) is 0 Å². The molecule has 0 aromatic heterocycles. The normalized spacial score (nSPS) is 14.0. The van der Waals surface area contributed by atoms with Crippen LogP contribution < -0.4 is 0 Å². The first kappa shape index (κ1) is 27.3. The van der Waals surface area contributed by atoms with Gasteiger partial charge in [0.1, 0.15) is 0 Å². The quantitative estimate of drug-likeness (QED) is 0.216. The second-order valence-electron chi connectivity index (χ2n) is 14.4. The van der Waals surface area contributed by atoms with Crippen molar-refractivity contribution in [3.8, 4) is 44.5 Å². The van der Waals surface area contributed by atoms with Gasteiger partial charge in [-0.1, -0.05) is 152 Å². The van der Waals surface area contributed by atoms with E-state index in [1.165, 1.54) is 66.8 Å². The third-order valence-electron chi connectivity index (χ3n) is 9.00. The Morgan fingerprint density at radius 1 is 0.415 bits per heavy atom. The van der Waals surface area contributed by atoms with E-state index in [9.17, 15) is 0 Å². The molecule has 0 atom stereocenters. The maximum Gasteiger partial charge on any atom is 0.0159 e. The molecule has 0 heteroatoms. The van der Waals surface area contributed by atoms with E-state index in [0.717, 1.165) is 0 Å². The van der Waals surface area contributed by atoms with Crippen molar-refractivity contribution < 1.29 is 0 Å². The van der Waals surface area contributed by atoms with E-state index < -0.39 is 0 Å². The largest absolute Gasteiger partial charge is 0.0622 e.